The third-order valence-corrected chi connectivity index (χ3v) is 4.21. The van der Waals surface area contributed by atoms with E-state index in [9.17, 15) is 9.18 Å². The highest BCUT2D eigenvalue weighted by Gasteiger charge is 2.38. The van der Waals surface area contributed by atoms with Crippen molar-refractivity contribution in [1.29, 1.82) is 0 Å². The molecule has 2 N–H and O–H groups in total. The molecule has 5 heteroatoms. The van der Waals surface area contributed by atoms with Crippen molar-refractivity contribution in [3.8, 4) is 5.75 Å². The van der Waals surface area contributed by atoms with Crippen LogP contribution < -0.4 is 15.4 Å². The van der Waals surface area contributed by atoms with Crippen LogP contribution in [-0.4, -0.2) is 25.6 Å². The van der Waals surface area contributed by atoms with Gasteiger partial charge in [0.25, 0.3) is 0 Å². The molecule has 0 unspecified atom stereocenters. The van der Waals surface area contributed by atoms with Crippen molar-refractivity contribution in [2.45, 2.75) is 33.1 Å². The lowest BCUT2D eigenvalue weighted by Gasteiger charge is -2.35. The Balaban J connectivity index is 2.18. The summed E-state index contributed by atoms with van der Waals surface area (Å²) in [5.74, 6) is 0.00798. The topological polar surface area (TPSA) is 50.4 Å². The van der Waals surface area contributed by atoms with Crippen molar-refractivity contribution < 1.29 is 13.9 Å². The van der Waals surface area contributed by atoms with E-state index in [1.807, 2.05) is 13.8 Å². The fraction of sp³-hybridized carbons (Fsp3) is 0.562. The first-order valence-corrected chi connectivity index (χ1v) is 7.56. The molecule has 1 saturated heterocycles. The first-order valence-electron chi connectivity index (χ1n) is 7.56. The number of hydrogen-bond acceptors (Lipinski definition) is 3. The summed E-state index contributed by atoms with van der Waals surface area (Å²) in [6, 6.07) is 4.20. The van der Waals surface area contributed by atoms with Crippen molar-refractivity contribution in [3.05, 3.63) is 24.0 Å². The molecule has 0 aromatic heterocycles. The fourth-order valence-electron chi connectivity index (χ4n) is 2.78. The van der Waals surface area contributed by atoms with Gasteiger partial charge in [0.1, 0.15) is 11.6 Å². The molecular formula is C16H23FN2O2. The molecule has 1 amide bonds. The molecule has 0 atom stereocenters. The zero-order chi connectivity index (χ0) is 15.3. The number of anilines is 1. The summed E-state index contributed by atoms with van der Waals surface area (Å²) < 4.78 is 18.7. The molecule has 0 bridgehead atoms. The second-order valence-electron chi connectivity index (χ2n) is 5.41. The Labute approximate surface area is 125 Å². The monoisotopic (exact) mass is 294 g/mol. The van der Waals surface area contributed by atoms with Gasteiger partial charge < -0.3 is 15.4 Å². The Morgan fingerprint density at radius 2 is 2.10 bits per heavy atom. The Kier molecular flexibility index (Phi) is 5.17. The number of ether oxygens (including phenoxy) is 1. The molecule has 0 radical (unpaired) electrons. The number of carbonyl (C=O) groups is 1. The van der Waals surface area contributed by atoms with Crippen molar-refractivity contribution in [2.75, 3.05) is 25.0 Å². The normalized spacial score (nSPS) is 17.3. The summed E-state index contributed by atoms with van der Waals surface area (Å²) in [5, 5.41) is 6.20. The van der Waals surface area contributed by atoms with Crippen LogP contribution in [0.5, 0.6) is 5.75 Å². The van der Waals surface area contributed by atoms with Gasteiger partial charge in [-0.3, -0.25) is 4.79 Å². The van der Waals surface area contributed by atoms with Crippen molar-refractivity contribution in [3.63, 3.8) is 0 Å². The summed E-state index contributed by atoms with van der Waals surface area (Å²) in [7, 11) is 0. The number of carbonyl (C=O) groups excluding carboxylic acids is 1. The van der Waals surface area contributed by atoms with Gasteiger partial charge in [-0.15, -0.1) is 0 Å². The number of nitrogens with one attached hydrogen (secondary N) is 2. The van der Waals surface area contributed by atoms with E-state index in [1.165, 1.54) is 12.1 Å². The van der Waals surface area contributed by atoms with Crippen LogP contribution in [0.25, 0.3) is 0 Å². The molecule has 1 aliphatic rings. The molecular weight excluding hydrogens is 271 g/mol. The SMILES string of the molecule is CCOc1cc(F)ccc1NC(=O)C1(CC)CCNCC1. The molecule has 1 aromatic carbocycles. The van der Waals surface area contributed by atoms with Gasteiger partial charge in [-0.2, -0.15) is 0 Å². The lowest BCUT2D eigenvalue weighted by molar-refractivity contribution is -0.127. The van der Waals surface area contributed by atoms with Gasteiger partial charge in [0.05, 0.1) is 17.7 Å². The second kappa shape index (κ2) is 6.89. The smallest absolute Gasteiger partial charge is 0.230 e. The summed E-state index contributed by atoms with van der Waals surface area (Å²) in [6.07, 6.45) is 2.44. The maximum absolute atomic E-state index is 13.3. The van der Waals surface area contributed by atoms with Crippen LogP contribution in [0.1, 0.15) is 33.1 Å². The molecule has 2 rings (SSSR count). The first kappa shape index (κ1) is 15.8. The highest BCUT2D eigenvalue weighted by molar-refractivity contribution is 5.96. The molecule has 0 spiro atoms. The molecule has 1 heterocycles. The number of amides is 1. The van der Waals surface area contributed by atoms with Crippen LogP contribution in [0.15, 0.2) is 18.2 Å². The summed E-state index contributed by atoms with van der Waals surface area (Å²) in [6.45, 7) is 6.00. The average molecular weight is 294 g/mol. The Bertz CT molecular complexity index is 499. The number of piperidine rings is 1. The summed E-state index contributed by atoms with van der Waals surface area (Å²) in [5.41, 5.74) is 0.193. The minimum absolute atomic E-state index is 0.000869. The average Bonchev–Trinajstić information content (AvgIpc) is 2.51. The third kappa shape index (κ3) is 3.53. The van der Waals surface area contributed by atoms with E-state index in [1.54, 1.807) is 6.07 Å². The van der Waals surface area contributed by atoms with E-state index < -0.39 is 0 Å². The summed E-state index contributed by atoms with van der Waals surface area (Å²) >= 11 is 0. The maximum Gasteiger partial charge on any atom is 0.230 e. The Morgan fingerprint density at radius 1 is 1.38 bits per heavy atom. The molecule has 116 valence electrons. The zero-order valence-electron chi connectivity index (χ0n) is 12.7. The standard InChI is InChI=1S/C16H23FN2O2/c1-3-16(7-9-18-10-8-16)15(20)19-13-6-5-12(17)11-14(13)21-4-2/h5-6,11,18H,3-4,7-10H2,1-2H3,(H,19,20). The third-order valence-electron chi connectivity index (χ3n) is 4.21. The maximum atomic E-state index is 13.3. The zero-order valence-corrected chi connectivity index (χ0v) is 12.7. The lowest BCUT2D eigenvalue weighted by Crippen LogP contribution is -2.44. The van der Waals surface area contributed by atoms with Gasteiger partial charge in [0, 0.05) is 6.07 Å². The Hall–Kier alpha value is -1.62. The van der Waals surface area contributed by atoms with Gasteiger partial charge in [-0.05, 0) is 51.4 Å². The van der Waals surface area contributed by atoms with Gasteiger partial charge in [-0.1, -0.05) is 6.92 Å². The highest BCUT2D eigenvalue weighted by atomic mass is 19.1. The van der Waals surface area contributed by atoms with Crippen molar-refractivity contribution >= 4 is 11.6 Å². The van der Waals surface area contributed by atoms with E-state index >= 15 is 0 Å². The number of benzene rings is 1. The molecule has 1 aromatic rings. The molecule has 1 fully saturated rings. The molecule has 4 nitrogen and oxygen atoms in total. The summed E-state index contributed by atoms with van der Waals surface area (Å²) in [4.78, 5) is 12.7. The lowest BCUT2D eigenvalue weighted by atomic mass is 9.76. The van der Waals surface area contributed by atoms with E-state index in [0.29, 0.717) is 18.0 Å². The molecule has 1 aliphatic heterocycles. The van der Waals surface area contributed by atoms with Crippen molar-refractivity contribution in [1.82, 2.24) is 5.32 Å². The van der Waals surface area contributed by atoms with Gasteiger partial charge >= 0.3 is 0 Å². The van der Waals surface area contributed by atoms with Gasteiger partial charge in [0.2, 0.25) is 5.91 Å². The number of hydrogen-bond donors (Lipinski definition) is 2. The van der Waals surface area contributed by atoms with Crippen LogP contribution in [0, 0.1) is 11.2 Å². The minimum Gasteiger partial charge on any atom is -0.492 e. The van der Waals surface area contributed by atoms with Crippen LogP contribution in [0.3, 0.4) is 0 Å². The van der Waals surface area contributed by atoms with Crippen LogP contribution in [-0.2, 0) is 4.79 Å². The van der Waals surface area contributed by atoms with E-state index in [-0.39, 0.29) is 17.1 Å². The Morgan fingerprint density at radius 3 is 2.71 bits per heavy atom. The first-order chi connectivity index (χ1) is 10.1. The van der Waals surface area contributed by atoms with Crippen LogP contribution in [0.4, 0.5) is 10.1 Å². The second-order valence-corrected chi connectivity index (χ2v) is 5.41. The van der Waals surface area contributed by atoms with E-state index in [4.69, 9.17) is 4.74 Å². The van der Waals surface area contributed by atoms with Crippen LogP contribution in [0.2, 0.25) is 0 Å². The minimum atomic E-state index is -0.372. The largest absolute Gasteiger partial charge is 0.492 e. The molecule has 0 saturated carbocycles. The van der Waals surface area contributed by atoms with Crippen molar-refractivity contribution in [2.24, 2.45) is 5.41 Å². The van der Waals surface area contributed by atoms with E-state index in [0.717, 1.165) is 32.4 Å². The van der Waals surface area contributed by atoms with Gasteiger partial charge in [0.15, 0.2) is 0 Å². The van der Waals surface area contributed by atoms with Crippen LogP contribution >= 0.6 is 0 Å². The highest BCUT2D eigenvalue weighted by Crippen LogP contribution is 2.35. The predicted octanol–water partition coefficient (Wildman–Crippen LogP) is 2.94. The predicted molar refractivity (Wildman–Crippen MR) is 81.0 cm³/mol. The number of halogens is 1. The van der Waals surface area contributed by atoms with E-state index in [2.05, 4.69) is 10.6 Å². The fourth-order valence-corrected chi connectivity index (χ4v) is 2.78. The quantitative estimate of drug-likeness (QED) is 0.878. The molecule has 0 aliphatic carbocycles. The number of rotatable bonds is 5. The molecule has 21 heavy (non-hydrogen) atoms. The van der Waals surface area contributed by atoms with Gasteiger partial charge in [-0.25, -0.2) is 4.39 Å².